The van der Waals surface area contributed by atoms with Gasteiger partial charge in [0, 0.05) is 12.1 Å². The minimum Gasteiger partial charge on any atom is -0.465 e. The van der Waals surface area contributed by atoms with Crippen LogP contribution in [0.5, 0.6) is 0 Å². The van der Waals surface area contributed by atoms with E-state index in [4.69, 9.17) is 0 Å². The lowest BCUT2D eigenvalue weighted by Crippen LogP contribution is -2.31. The Kier molecular flexibility index (Phi) is 7.56. The van der Waals surface area contributed by atoms with E-state index in [0.717, 1.165) is 0 Å². The van der Waals surface area contributed by atoms with Crippen molar-refractivity contribution in [2.45, 2.75) is 39.8 Å². The summed E-state index contributed by atoms with van der Waals surface area (Å²) in [5, 5.41) is 0. The van der Waals surface area contributed by atoms with Crippen LogP contribution in [-0.2, 0) is 19.1 Å². The summed E-state index contributed by atoms with van der Waals surface area (Å²) in [5.74, 6) is -1.42. The minimum absolute atomic E-state index is 0.131. The first-order valence-corrected chi connectivity index (χ1v) is 6.17. The van der Waals surface area contributed by atoms with Gasteiger partial charge in [0.15, 0.2) is 0 Å². The number of allylic oxidation sites excluding steroid dienone is 2. The predicted octanol–water partition coefficient (Wildman–Crippen LogP) is 1.89. The van der Waals surface area contributed by atoms with Crippen molar-refractivity contribution in [3.8, 4) is 0 Å². The Labute approximate surface area is 114 Å². The highest BCUT2D eigenvalue weighted by molar-refractivity contribution is 6.14. The number of hydrogen-bond acceptors (Lipinski definition) is 5. The van der Waals surface area contributed by atoms with E-state index in [2.05, 4.69) is 42.1 Å². The molecular weight excluding hydrogens is 246 g/mol. The van der Waals surface area contributed by atoms with Crippen LogP contribution in [0, 0.1) is 0 Å². The van der Waals surface area contributed by atoms with E-state index in [1.165, 1.54) is 20.3 Å². The first-order valence-electron chi connectivity index (χ1n) is 6.17. The second-order valence-corrected chi connectivity index (χ2v) is 4.54. The summed E-state index contributed by atoms with van der Waals surface area (Å²) in [6.45, 7) is 8.26. The van der Waals surface area contributed by atoms with Gasteiger partial charge in [-0.25, -0.2) is 9.59 Å². The zero-order valence-electron chi connectivity index (χ0n) is 12.5. The number of nitrogens with zero attached hydrogens (tertiary/aromatic N) is 1. The van der Waals surface area contributed by atoms with Crippen molar-refractivity contribution in [2.75, 3.05) is 14.2 Å². The molecule has 0 aliphatic rings. The molecule has 0 saturated heterocycles. The third-order valence-electron chi connectivity index (χ3n) is 2.52. The molecule has 0 heterocycles. The molecule has 5 heteroatoms. The summed E-state index contributed by atoms with van der Waals surface area (Å²) in [6, 6.07) is 0.647. The lowest BCUT2D eigenvalue weighted by atomic mass is 10.2. The maximum atomic E-state index is 11.4. The third-order valence-corrected chi connectivity index (χ3v) is 2.52. The Hall–Kier alpha value is -1.78. The van der Waals surface area contributed by atoms with E-state index in [0.29, 0.717) is 12.1 Å². The molecule has 19 heavy (non-hydrogen) atoms. The van der Waals surface area contributed by atoms with Gasteiger partial charge in [-0.1, -0.05) is 0 Å². The third kappa shape index (κ3) is 5.59. The quantitative estimate of drug-likeness (QED) is 0.242. The van der Waals surface area contributed by atoms with Gasteiger partial charge in [0.2, 0.25) is 0 Å². The van der Waals surface area contributed by atoms with Crippen LogP contribution in [0.4, 0.5) is 0 Å². The highest BCUT2D eigenvalue weighted by Crippen LogP contribution is 2.07. The largest absolute Gasteiger partial charge is 0.465 e. The van der Waals surface area contributed by atoms with Crippen LogP contribution in [0.25, 0.3) is 0 Å². The molecule has 0 fully saturated rings. The summed E-state index contributed by atoms with van der Waals surface area (Å²) in [6.07, 6.45) is 4.87. The number of carbonyl (C=O) groups excluding carboxylic acids is 2. The molecule has 108 valence electrons. The smallest absolute Gasteiger partial charge is 0.345 e. The average molecular weight is 269 g/mol. The summed E-state index contributed by atoms with van der Waals surface area (Å²) >= 11 is 0. The summed E-state index contributed by atoms with van der Waals surface area (Å²) in [5.41, 5.74) is -0.131. The van der Waals surface area contributed by atoms with Crippen LogP contribution in [0.1, 0.15) is 27.7 Å². The van der Waals surface area contributed by atoms with Crippen molar-refractivity contribution in [1.29, 1.82) is 0 Å². The van der Waals surface area contributed by atoms with Crippen molar-refractivity contribution in [2.24, 2.45) is 0 Å². The van der Waals surface area contributed by atoms with Crippen LogP contribution >= 0.6 is 0 Å². The van der Waals surface area contributed by atoms with Crippen LogP contribution in [0.2, 0.25) is 0 Å². The van der Waals surface area contributed by atoms with E-state index in [-0.39, 0.29) is 5.57 Å². The van der Waals surface area contributed by atoms with E-state index in [9.17, 15) is 9.59 Å². The first-order chi connectivity index (χ1) is 8.84. The number of rotatable bonds is 6. The Morgan fingerprint density at radius 2 is 1.37 bits per heavy atom. The molecule has 0 amide bonds. The predicted molar refractivity (Wildman–Crippen MR) is 73.4 cm³/mol. The fraction of sp³-hybridized carbons (Fsp3) is 0.571. The van der Waals surface area contributed by atoms with Gasteiger partial charge in [-0.15, -0.1) is 0 Å². The van der Waals surface area contributed by atoms with Crippen molar-refractivity contribution in [3.63, 3.8) is 0 Å². The average Bonchev–Trinajstić information content (AvgIpc) is 2.36. The van der Waals surface area contributed by atoms with Crippen LogP contribution in [0.15, 0.2) is 23.9 Å². The second kappa shape index (κ2) is 8.34. The number of hydrogen-bond donors (Lipinski definition) is 0. The van der Waals surface area contributed by atoms with Gasteiger partial charge in [0.05, 0.1) is 14.2 Å². The van der Waals surface area contributed by atoms with Crippen LogP contribution in [0.3, 0.4) is 0 Å². The highest BCUT2D eigenvalue weighted by atomic mass is 16.5. The van der Waals surface area contributed by atoms with Crippen LogP contribution < -0.4 is 0 Å². The molecule has 0 rings (SSSR count). The summed E-state index contributed by atoms with van der Waals surface area (Å²) < 4.78 is 9.06. The second-order valence-electron chi connectivity index (χ2n) is 4.54. The molecular formula is C14H23NO4. The fourth-order valence-corrected chi connectivity index (χ4v) is 1.62. The van der Waals surface area contributed by atoms with Crippen molar-refractivity contribution in [3.05, 3.63) is 23.9 Å². The molecule has 0 radical (unpaired) electrons. The normalized spacial score (nSPS) is 10.7. The maximum Gasteiger partial charge on any atom is 0.345 e. The molecule has 0 aromatic rings. The molecule has 0 aromatic carbocycles. The lowest BCUT2D eigenvalue weighted by Gasteiger charge is -2.28. The number of esters is 2. The van der Waals surface area contributed by atoms with Gasteiger partial charge in [0.25, 0.3) is 0 Å². The maximum absolute atomic E-state index is 11.4. The number of ether oxygens (including phenoxy) is 2. The first kappa shape index (κ1) is 17.2. The van der Waals surface area contributed by atoms with Crippen LogP contribution in [-0.4, -0.2) is 43.1 Å². The number of methoxy groups -OCH3 is 2. The molecule has 0 bridgehead atoms. The van der Waals surface area contributed by atoms with E-state index in [1.54, 1.807) is 6.08 Å². The van der Waals surface area contributed by atoms with Gasteiger partial charge in [-0.2, -0.15) is 0 Å². The van der Waals surface area contributed by atoms with E-state index in [1.807, 2.05) is 6.20 Å². The fourth-order valence-electron chi connectivity index (χ4n) is 1.62. The Morgan fingerprint density at radius 1 is 0.947 bits per heavy atom. The van der Waals surface area contributed by atoms with Gasteiger partial charge in [-0.3, -0.25) is 0 Å². The molecule has 0 unspecified atom stereocenters. The van der Waals surface area contributed by atoms with Crippen molar-refractivity contribution in [1.82, 2.24) is 4.90 Å². The van der Waals surface area contributed by atoms with E-state index < -0.39 is 11.9 Å². The van der Waals surface area contributed by atoms with Gasteiger partial charge < -0.3 is 14.4 Å². The zero-order chi connectivity index (χ0) is 15.0. The molecule has 5 nitrogen and oxygen atoms in total. The molecule has 0 spiro atoms. The zero-order valence-corrected chi connectivity index (χ0v) is 12.5. The summed E-state index contributed by atoms with van der Waals surface area (Å²) in [4.78, 5) is 24.9. The SMILES string of the molecule is COC(=O)C(=C/C=C/N(C(C)C)C(C)C)C(=O)OC. The number of carbonyl (C=O) groups is 2. The lowest BCUT2D eigenvalue weighted by molar-refractivity contribution is -0.144. The minimum atomic E-state index is -0.711. The van der Waals surface area contributed by atoms with Gasteiger partial charge >= 0.3 is 11.9 Å². The Bertz CT molecular complexity index is 344. The van der Waals surface area contributed by atoms with Gasteiger partial charge in [-0.05, 0) is 46.0 Å². The van der Waals surface area contributed by atoms with Crippen molar-refractivity contribution >= 4 is 11.9 Å². The monoisotopic (exact) mass is 269 g/mol. The Morgan fingerprint density at radius 3 is 1.68 bits per heavy atom. The molecule has 0 aromatic heterocycles. The molecule has 0 N–H and O–H groups in total. The molecule has 0 aliphatic carbocycles. The van der Waals surface area contributed by atoms with E-state index >= 15 is 0 Å². The topological polar surface area (TPSA) is 55.8 Å². The van der Waals surface area contributed by atoms with Crippen molar-refractivity contribution < 1.29 is 19.1 Å². The highest BCUT2D eigenvalue weighted by Gasteiger charge is 2.18. The molecule has 0 atom stereocenters. The standard InChI is InChI=1S/C14H23NO4/c1-10(2)15(11(3)4)9-7-8-12(13(16)18-5)14(17)19-6/h7-11H,1-6H3/b9-7+. The summed E-state index contributed by atoms with van der Waals surface area (Å²) in [7, 11) is 2.44. The van der Waals surface area contributed by atoms with Gasteiger partial charge in [0.1, 0.15) is 5.57 Å². The molecule has 0 aliphatic heterocycles. The Balaban J connectivity index is 5.06. The molecule has 0 saturated carbocycles.